The van der Waals surface area contributed by atoms with Crippen molar-refractivity contribution in [2.24, 2.45) is 5.11 Å². The average molecular weight is 440 g/mol. The van der Waals surface area contributed by atoms with E-state index in [4.69, 9.17) is 19.7 Å². The van der Waals surface area contributed by atoms with Crippen molar-refractivity contribution in [3.05, 3.63) is 40.3 Å². The van der Waals surface area contributed by atoms with Crippen molar-refractivity contribution >= 4 is 15.9 Å². The largest absolute Gasteiger partial charge is 0.488 e. The standard InChI is InChI=1S/C20H30BrN3O3/c1-14-6-5-7-19(25-14)26-18(13-21)17(23-24-22)12-15-8-10-16(11-9-15)27-20(2,3)4/h8-11,14,17-19H,5-7,12-13H2,1-4H3/t14?,17-,18?,19?/m0/s1. The zero-order chi connectivity index (χ0) is 19.9. The maximum Gasteiger partial charge on any atom is 0.158 e. The molecule has 1 aromatic carbocycles. The fourth-order valence-corrected chi connectivity index (χ4v) is 3.68. The van der Waals surface area contributed by atoms with E-state index < -0.39 is 0 Å². The monoisotopic (exact) mass is 439 g/mol. The highest BCUT2D eigenvalue weighted by Crippen LogP contribution is 2.25. The predicted molar refractivity (Wildman–Crippen MR) is 110 cm³/mol. The molecule has 150 valence electrons. The summed E-state index contributed by atoms with van der Waals surface area (Å²) in [7, 11) is 0. The second kappa shape index (κ2) is 10.3. The third-order valence-electron chi connectivity index (χ3n) is 4.33. The van der Waals surface area contributed by atoms with Crippen LogP contribution in [0.5, 0.6) is 5.75 Å². The Kier molecular flexibility index (Phi) is 8.42. The van der Waals surface area contributed by atoms with Gasteiger partial charge in [0.2, 0.25) is 0 Å². The first-order valence-corrected chi connectivity index (χ1v) is 10.6. The number of nitrogens with zero attached hydrogens (tertiary/aromatic N) is 3. The van der Waals surface area contributed by atoms with Gasteiger partial charge in [0.15, 0.2) is 6.29 Å². The minimum absolute atomic E-state index is 0.202. The number of hydrogen-bond acceptors (Lipinski definition) is 4. The molecular weight excluding hydrogens is 410 g/mol. The predicted octanol–water partition coefficient (Wildman–Crippen LogP) is 5.78. The van der Waals surface area contributed by atoms with E-state index in [1.165, 1.54) is 0 Å². The van der Waals surface area contributed by atoms with Gasteiger partial charge in [-0.2, -0.15) is 0 Å². The lowest BCUT2D eigenvalue weighted by molar-refractivity contribution is -0.209. The fraction of sp³-hybridized carbons (Fsp3) is 0.700. The third-order valence-corrected chi connectivity index (χ3v) is 4.97. The molecule has 1 aliphatic heterocycles. The Morgan fingerprint density at radius 2 is 2.00 bits per heavy atom. The number of alkyl halides is 1. The zero-order valence-electron chi connectivity index (χ0n) is 16.6. The topological polar surface area (TPSA) is 76.5 Å². The Morgan fingerprint density at radius 3 is 2.56 bits per heavy atom. The second-order valence-electron chi connectivity index (χ2n) is 7.97. The smallest absolute Gasteiger partial charge is 0.158 e. The molecule has 0 aromatic heterocycles. The van der Waals surface area contributed by atoms with Crippen molar-refractivity contribution in [1.82, 2.24) is 0 Å². The number of halogens is 1. The van der Waals surface area contributed by atoms with Gasteiger partial charge in [0.25, 0.3) is 0 Å². The van der Waals surface area contributed by atoms with E-state index in [2.05, 4.69) is 32.9 Å². The van der Waals surface area contributed by atoms with Crippen LogP contribution in [0.1, 0.15) is 52.5 Å². The summed E-state index contributed by atoms with van der Waals surface area (Å²) in [5.41, 5.74) is 9.85. The van der Waals surface area contributed by atoms with Crippen molar-refractivity contribution < 1.29 is 14.2 Å². The first-order chi connectivity index (χ1) is 12.8. The normalized spacial score (nSPS) is 22.6. The number of benzene rings is 1. The molecule has 0 bridgehead atoms. The van der Waals surface area contributed by atoms with Gasteiger partial charge in [0.05, 0.1) is 18.2 Å². The van der Waals surface area contributed by atoms with Crippen molar-refractivity contribution in [3.8, 4) is 5.75 Å². The van der Waals surface area contributed by atoms with E-state index in [0.29, 0.717) is 11.8 Å². The van der Waals surface area contributed by atoms with Crippen LogP contribution in [0.25, 0.3) is 10.4 Å². The van der Waals surface area contributed by atoms with E-state index in [9.17, 15) is 0 Å². The molecule has 1 aliphatic rings. The van der Waals surface area contributed by atoms with Crippen LogP contribution in [0.2, 0.25) is 0 Å². The van der Waals surface area contributed by atoms with Gasteiger partial charge in [-0.05, 0) is 76.6 Å². The van der Waals surface area contributed by atoms with Crippen molar-refractivity contribution in [1.29, 1.82) is 0 Å². The molecule has 7 heteroatoms. The van der Waals surface area contributed by atoms with Crippen LogP contribution in [-0.2, 0) is 15.9 Å². The van der Waals surface area contributed by atoms with Gasteiger partial charge in [-0.15, -0.1) is 0 Å². The van der Waals surface area contributed by atoms with E-state index >= 15 is 0 Å². The third kappa shape index (κ3) is 7.70. The molecule has 6 nitrogen and oxygen atoms in total. The van der Waals surface area contributed by atoms with Crippen LogP contribution < -0.4 is 4.74 Å². The summed E-state index contributed by atoms with van der Waals surface area (Å²) in [6.45, 7) is 8.12. The van der Waals surface area contributed by atoms with Crippen LogP contribution in [0.15, 0.2) is 29.4 Å². The molecule has 0 radical (unpaired) electrons. The van der Waals surface area contributed by atoms with Gasteiger partial charge in [-0.3, -0.25) is 0 Å². The van der Waals surface area contributed by atoms with Gasteiger partial charge < -0.3 is 14.2 Å². The van der Waals surface area contributed by atoms with Gasteiger partial charge in [0, 0.05) is 10.2 Å². The highest BCUT2D eigenvalue weighted by Gasteiger charge is 2.27. The van der Waals surface area contributed by atoms with Gasteiger partial charge >= 0.3 is 0 Å². The lowest BCUT2D eigenvalue weighted by Gasteiger charge is -2.32. The molecule has 0 N–H and O–H groups in total. The highest BCUT2D eigenvalue weighted by atomic mass is 79.9. The Morgan fingerprint density at radius 1 is 1.30 bits per heavy atom. The van der Waals surface area contributed by atoms with E-state index in [1.54, 1.807) is 0 Å². The van der Waals surface area contributed by atoms with E-state index in [0.717, 1.165) is 30.6 Å². The number of rotatable bonds is 8. The summed E-state index contributed by atoms with van der Waals surface area (Å²) in [6.07, 6.45) is 3.32. The Hall–Kier alpha value is -1.27. The minimum Gasteiger partial charge on any atom is -0.488 e. The molecule has 1 fully saturated rings. The molecule has 0 aliphatic carbocycles. The SMILES string of the molecule is CC1CCCC(OC(CBr)[C@H](Cc2ccc(OC(C)(C)C)cc2)N=[N+]=[N-])O1. The fourth-order valence-electron chi connectivity index (χ4n) is 3.09. The van der Waals surface area contributed by atoms with Crippen LogP contribution >= 0.6 is 15.9 Å². The number of azide groups is 1. The van der Waals surface area contributed by atoms with Crippen molar-refractivity contribution in [2.45, 2.75) is 83.5 Å². The first-order valence-electron chi connectivity index (χ1n) is 9.50. The Labute approximate surface area is 170 Å². The molecule has 0 spiro atoms. The molecule has 4 atom stereocenters. The molecule has 1 heterocycles. The molecule has 1 saturated heterocycles. The summed E-state index contributed by atoms with van der Waals surface area (Å²) in [5, 5.41) is 4.58. The lowest BCUT2D eigenvalue weighted by atomic mass is 10.0. The maximum atomic E-state index is 9.01. The van der Waals surface area contributed by atoms with Crippen LogP contribution in [0.4, 0.5) is 0 Å². The Bertz CT molecular complexity index is 626. The molecule has 0 saturated carbocycles. The molecular formula is C20H30BrN3O3. The molecule has 3 unspecified atom stereocenters. The van der Waals surface area contributed by atoms with Crippen LogP contribution in [0, 0.1) is 0 Å². The lowest BCUT2D eigenvalue weighted by Crippen LogP contribution is -2.38. The first kappa shape index (κ1) is 22.0. The summed E-state index contributed by atoms with van der Waals surface area (Å²) in [5.74, 6) is 0.824. The van der Waals surface area contributed by atoms with Crippen molar-refractivity contribution in [3.63, 3.8) is 0 Å². The Balaban J connectivity index is 2.03. The minimum atomic E-state index is -0.315. The molecule has 0 amide bonds. The van der Waals surface area contributed by atoms with Gasteiger partial charge in [-0.1, -0.05) is 33.2 Å². The summed E-state index contributed by atoms with van der Waals surface area (Å²) in [4.78, 5) is 3.03. The summed E-state index contributed by atoms with van der Waals surface area (Å²) < 4.78 is 17.9. The van der Waals surface area contributed by atoms with Crippen LogP contribution in [0.3, 0.4) is 0 Å². The second-order valence-corrected chi connectivity index (χ2v) is 8.62. The number of hydrogen-bond donors (Lipinski definition) is 0. The average Bonchev–Trinajstić information content (AvgIpc) is 2.60. The maximum absolute atomic E-state index is 9.01. The van der Waals surface area contributed by atoms with Gasteiger partial charge in [-0.25, -0.2) is 0 Å². The summed E-state index contributed by atoms with van der Waals surface area (Å²) in [6, 6.07) is 7.59. The van der Waals surface area contributed by atoms with E-state index in [1.807, 2.05) is 45.0 Å². The molecule has 2 rings (SSSR count). The zero-order valence-corrected chi connectivity index (χ0v) is 18.2. The van der Waals surface area contributed by atoms with E-state index in [-0.39, 0.29) is 30.1 Å². The number of ether oxygens (including phenoxy) is 3. The molecule has 1 aromatic rings. The summed E-state index contributed by atoms with van der Waals surface area (Å²) >= 11 is 3.50. The van der Waals surface area contributed by atoms with Crippen molar-refractivity contribution in [2.75, 3.05) is 5.33 Å². The van der Waals surface area contributed by atoms with Gasteiger partial charge in [0.1, 0.15) is 11.4 Å². The van der Waals surface area contributed by atoms with Crippen LogP contribution in [-0.4, -0.2) is 35.5 Å². The quantitative estimate of drug-likeness (QED) is 0.223. The highest BCUT2D eigenvalue weighted by molar-refractivity contribution is 9.09. The molecule has 27 heavy (non-hydrogen) atoms.